The molecule has 2 radical (unpaired) electrons. The summed E-state index contributed by atoms with van der Waals surface area (Å²) >= 11 is 0. The van der Waals surface area contributed by atoms with E-state index in [2.05, 4.69) is 0 Å². The quantitative estimate of drug-likeness (QED) is 0.536. The lowest BCUT2D eigenvalue weighted by Gasteiger charge is -2.29. The van der Waals surface area contributed by atoms with Gasteiger partial charge in [-0.1, -0.05) is 0 Å². The van der Waals surface area contributed by atoms with Crippen LogP contribution in [-0.2, 0) is 4.79 Å². The van der Waals surface area contributed by atoms with Gasteiger partial charge in [0.1, 0.15) is 6.04 Å². The number of nitrogens with zero attached hydrogens (tertiary/aromatic N) is 1. The minimum absolute atomic E-state index is 0.308. The van der Waals surface area contributed by atoms with E-state index in [0.29, 0.717) is 12.0 Å². The van der Waals surface area contributed by atoms with Crippen LogP contribution in [0.25, 0.3) is 0 Å². The van der Waals surface area contributed by atoms with Gasteiger partial charge in [0.2, 0.25) is 0 Å². The predicted molar refractivity (Wildman–Crippen MR) is 40.1 cm³/mol. The average Bonchev–Trinajstić information content (AvgIpc) is 2.44. The van der Waals surface area contributed by atoms with Gasteiger partial charge >= 0.3 is 5.97 Å². The molecule has 1 saturated heterocycles. The number of hydrogen-bond acceptors (Lipinski definition) is 2. The predicted octanol–water partition coefficient (Wildman–Crippen LogP) is 0.00740. The molecule has 0 aromatic rings. The second-order valence-corrected chi connectivity index (χ2v) is 3.46. The second-order valence-electron chi connectivity index (χ2n) is 3.46. The highest BCUT2D eigenvalue weighted by atomic mass is 16.4. The van der Waals surface area contributed by atoms with Crippen LogP contribution in [0.2, 0.25) is 0 Å². The average molecular weight is 151 g/mol. The van der Waals surface area contributed by atoms with Gasteiger partial charge < -0.3 is 9.92 Å². The first-order valence-corrected chi connectivity index (χ1v) is 3.96. The summed E-state index contributed by atoms with van der Waals surface area (Å²) in [5.74, 6) is -0.456. The molecular formula is C7H10BNO2. The maximum Gasteiger partial charge on any atom is 0.320 e. The molecule has 0 amide bonds. The van der Waals surface area contributed by atoms with E-state index in [-0.39, 0.29) is 0 Å². The van der Waals surface area contributed by atoms with Crippen LogP contribution in [0.3, 0.4) is 0 Å². The van der Waals surface area contributed by atoms with E-state index in [0.717, 1.165) is 19.3 Å². The maximum absolute atomic E-state index is 10.7. The Bertz CT molecular complexity index is 195. The summed E-state index contributed by atoms with van der Waals surface area (Å²) in [6, 6.07) is -0.0742. The molecule has 3 unspecified atom stereocenters. The number of carbonyl (C=O) groups is 1. The van der Waals surface area contributed by atoms with Gasteiger partial charge in [0.15, 0.2) is 7.98 Å². The monoisotopic (exact) mass is 151 g/mol. The zero-order valence-corrected chi connectivity index (χ0v) is 6.23. The molecule has 1 aliphatic heterocycles. The third-order valence-electron chi connectivity index (χ3n) is 2.89. The highest BCUT2D eigenvalue weighted by Crippen LogP contribution is 2.40. The zero-order valence-electron chi connectivity index (χ0n) is 6.23. The highest BCUT2D eigenvalue weighted by Gasteiger charge is 2.46. The fourth-order valence-corrected chi connectivity index (χ4v) is 2.35. The van der Waals surface area contributed by atoms with Gasteiger partial charge in [-0.2, -0.15) is 0 Å². The Hall–Kier alpha value is -0.505. The van der Waals surface area contributed by atoms with Crippen LogP contribution in [0.5, 0.6) is 0 Å². The first-order chi connectivity index (χ1) is 5.20. The third-order valence-corrected chi connectivity index (χ3v) is 2.89. The molecular weight excluding hydrogens is 141 g/mol. The van der Waals surface area contributed by atoms with E-state index in [4.69, 9.17) is 13.1 Å². The maximum atomic E-state index is 10.7. The van der Waals surface area contributed by atoms with E-state index >= 15 is 0 Å². The standard InChI is InChI=1S/C7H10BNO2/c8-9-5-2-1-4(3-5)6(9)7(10)11/h4-6H,1-3H2,(H,10,11). The molecule has 3 nitrogen and oxygen atoms in total. The lowest BCUT2D eigenvalue weighted by molar-refractivity contribution is -0.142. The van der Waals surface area contributed by atoms with E-state index in [1.165, 1.54) is 4.81 Å². The van der Waals surface area contributed by atoms with Gasteiger partial charge in [0.05, 0.1) is 0 Å². The van der Waals surface area contributed by atoms with Crippen molar-refractivity contribution in [1.82, 2.24) is 4.81 Å². The van der Waals surface area contributed by atoms with Crippen LogP contribution in [0.15, 0.2) is 0 Å². The molecule has 2 aliphatic rings. The van der Waals surface area contributed by atoms with Crippen LogP contribution >= 0.6 is 0 Å². The van der Waals surface area contributed by atoms with Crippen molar-refractivity contribution in [2.45, 2.75) is 31.3 Å². The number of aliphatic carboxylic acids is 1. The van der Waals surface area contributed by atoms with Crippen LogP contribution in [-0.4, -0.2) is 36.0 Å². The van der Waals surface area contributed by atoms with Crippen LogP contribution in [0.4, 0.5) is 0 Å². The molecule has 2 rings (SSSR count). The molecule has 1 heterocycles. The number of rotatable bonds is 1. The SMILES string of the molecule is [B]N1C2CCC(C2)C1C(=O)O. The van der Waals surface area contributed by atoms with E-state index < -0.39 is 12.0 Å². The Morgan fingerprint density at radius 3 is 2.64 bits per heavy atom. The van der Waals surface area contributed by atoms with Gasteiger partial charge in [-0.05, 0) is 31.2 Å². The first-order valence-electron chi connectivity index (χ1n) is 3.96. The van der Waals surface area contributed by atoms with Gasteiger partial charge in [0.25, 0.3) is 0 Å². The molecule has 11 heavy (non-hydrogen) atoms. The molecule has 0 aromatic carbocycles. The lowest BCUT2D eigenvalue weighted by Crippen LogP contribution is -2.43. The Balaban J connectivity index is 2.17. The molecule has 1 N–H and O–H groups in total. The zero-order chi connectivity index (χ0) is 8.01. The van der Waals surface area contributed by atoms with E-state index in [1.54, 1.807) is 0 Å². The number of hydrogen-bond donors (Lipinski definition) is 1. The summed E-state index contributed by atoms with van der Waals surface area (Å²) in [6.07, 6.45) is 3.09. The molecule has 3 atom stereocenters. The van der Waals surface area contributed by atoms with Crippen molar-refractivity contribution in [3.63, 3.8) is 0 Å². The Kier molecular flexibility index (Phi) is 1.46. The number of piperidine rings is 1. The van der Waals surface area contributed by atoms with Gasteiger partial charge in [-0.15, -0.1) is 0 Å². The smallest absolute Gasteiger partial charge is 0.320 e. The van der Waals surface area contributed by atoms with Crippen molar-refractivity contribution in [3.8, 4) is 0 Å². The normalized spacial score (nSPS) is 43.1. The topological polar surface area (TPSA) is 40.5 Å². The summed E-state index contributed by atoms with van der Waals surface area (Å²) in [6.45, 7) is 0. The van der Waals surface area contributed by atoms with Gasteiger partial charge in [-0.3, -0.25) is 4.79 Å². The summed E-state index contributed by atoms with van der Waals surface area (Å²) in [5, 5.41) is 8.78. The first kappa shape index (κ1) is 7.16. The molecule has 0 aromatic heterocycles. The van der Waals surface area contributed by atoms with Crippen molar-refractivity contribution >= 4 is 14.0 Å². The minimum Gasteiger partial charge on any atom is -0.480 e. The van der Waals surface area contributed by atoms with Crippen molar-refractivity contribution in [2.75, 3.05) is 0 Å². The molecule has 2 fully saturated rings. The molecule has 58 valence electrons. The van der Waals surface area contributed by atoms with Crippen molar-refractivity contribution < 1.29 is 9.90 Å². The van der Waals surface area contributed by atoms with Crippen molar-refractivity contribution in [1.29, 1.82) is 0 Å². The van der Waals surface area contributed by atoms with Crippen LogP contribution in [0, 0.1) is 5.92 Å². The third kappa shape index (κ3) is 0.889. The van der Waals surface area contributed by atoms with E-state index in [9.17, 15) is 4.79 Å². The largest absolute Gasteiger partial charge is 0.480 e. The highest BCUT2D eigenvalue weighted by molar-refractivity contribution is 6.07. The van der Waals surface area contributed by atoms with Crippen molar-refractivity contribution in [2.24, 2.45) is 5.92 Å². The van der Waals surface area contributed by atoms with Crippen molar-refractivity contribution in [3.05, 3.63) is 0 Å². The summed E-state index contributed by atoms with van der Waals surface area (Å²) < 4.78 is 0. The molecule has 4 heteroatoms. The molecule has 1 saturated carbocycles. The number of fused-ring (bicyclic) bond motifs is 2. The fourth-order valence-electron chi connectivity index (χ4n) is 2.35. The minimum atomic E-state index is -0.764. The Morgan fingerprint density at radius 2 is 2.27 bits per heavy atom. The Morgan fingerprint density at radius 1 is 1.55 bits per heavy atom. The Labute approximate surface area is 66.8 Å². The van der Waals surface area contributed by atoms with E-state index in [1.807, 2.05) is 0 Å². The number of carboxylic acids is 1. The number of carboxylic acid groups (broad SMARTS) is 1. The van der Waals surface area contributed by atoms with Gasteiger partial charge in [0, 0.05) is 0 Å². The van der Waals surface area contributed by atoms with Crippen LogP contribution in [0.1, 0.15) is 19.3 Å². The second kappa shape index (κ2) is 2.24. The van der Waals surface area contributed by atoms with Gasteiger partial charge in [-0.25, -0.2) is 0 Å². The summed E-state index contributed by atoms with van der Waals surface area (Å²) in [5.41, 5.74) is 0. The molecule has 1 aliphatic carbocycles. The fraction of sp³-hybridized carbons (Fsp3) is 0.857. The molecule has 2 bridgehead atoms. The lowest BCUT2D eigenvalue weighted by atomic mass is 9.97. The summed E-state index contributed by atoms with van der Waals surface area (Å²) in [7, 11) is 5.62. The van der Waals surface area contributed by atoms with Crippen LogP contribution < -0.4 is 0 Å². The molecule has 0 spiro atoms. The summed E-state index contributed by atoms with van der Waals surface area (Å²) in [4.78, 5) is 12.2.